The molecule has 16 heavy (non-hydrogen) atoms. The van der Waals surface area contributed by atoms with Crippen LogP contribution in [0.1, 0.15) is 12.2 Å². The summed E-state index contributed by atoms with van der Waals surface area (Å²) >= 11 is 5.91. The number of rotatable bonds is 2. The first-order chi connectivity index (χ1) is 7.83. The molecule has 3 rings (SSSR count). The third-order valence-electron chi connectivity index (χ3n) is 2.94. The Bertz CT molecular complexity index is 503. The zero-order valence-corrected chi connectivity index (χ0v) is 9.48. The molecule has 1 aliphatic rings. The van der Waals surface area contributed by atoms with E-state index in [1.807, 2.05) is 10.6 Å². The van der Waals surface area contributed by atoms with Crippen molar-refractivity contribution in [2.45, 2.75) is 12.8 Å². The number of nitrogens with zero attached hydrogens (tertiary/aromatic N) is 4. The molecule has 5 nitrogen and oxygen atoms in total. The van der Waals surface area contributed by atoms with Gasteiger partial charge in [0.05, 0.1) is 11.2 Å². The average Bonchev–Trinajstić information content (AvgIpc) is 2.90. The van der Waals surface area contributed by atoms with E-state index in [0.717, 1.165) is 25.3 Å². The van der Waals surface area contributed by atoms with Gasteiger partial charge in [-0.05, 0) is 25.4 Å². The highest BCUT2D eigenvalue weighted by molar-refractivity contribution is 6.30. The molecule has 1 N–H and O–H groups in total. The maximum atomic E-state index is 5.91. The van der Waals surface area contributed by atoms with E-state index in [1.54, 1.807) is 6.20 Å². The number of halogens is 1. The molecule has 0 spiro atoms. The molecule has 0 aliphatic carbocycles. The lowest BCUT2D eigenvalue weighted by molar-refractivity contribution is 0.558. The Morgan fingerprint density at radius 2 is 2.44 bits per heavy atom. The number of hydrogen-bond donors (Lipinski definition) is 1. The minimum absolute atomic E-state index is 0.609. The van der Waals surface area contributed by atoms with E-state index in [4.69, 9.17) is 11.6 Å². The Hall–Kier alpha value is -1.20. The molecule has 1 atom stereocenters. The van der Waals surface area contributed by atoms with Crippen LogP contribution in [0.2, 0.25) is 5.02 Å². The van der Waals surface area contributed by atoms with Gasteiger partial charge < -0.3 is 5.32 Å². The first kappa shape index (κ1) is 9.99. The van der Waals surface area contributed by atoms with Crippen molar-refractivity contribution in [2.24, 2.45) is 5.92 Å². The fourth-order valence-corrected chi connectivity index (χ4v) is 2.24. The number of fused-ring (bicyclic) bond motifs is 1. The van der Waals surface area contributed by atoms with Gasteiger partial charge in [-0.3, -0.25) is 4.40 Å². The first-order valence-electron chi connectivity index (χ1n) is 5.39. The molecule has 1 aliphatic heterocycles. The topological polar surface area (TPSA) is 55.1 Å². The largest absolute Gasteiger partial charge is 0.316 e. The van der Waals surface area contributed by atoms with Gasteiger partial charge in [-0.25, -0.2) is 4.98 Å². The summed E-state index contributed by atoms with van der Waals surface area (Å²) in [5, 5.41) is 12.1. The van der Waals surface area contributed by atoms with Gasteiger partial charge >= 0.3 is 0 Å². The standard InChI is InChI=1S/C10H12ClN5/c11-8-5-13-10-15-14-9(16(10)6-8)3-7-1-2-12-4-7/h5-7,12H,1-4H2. The van der Waals surface area contributed by atoms with E-state index < -0.39 is 0 Å². The van der Waals surface area contributed by atoms with Gasteiger partial charge in [-0.1, -0.05) is 11.6 Å². The van der Waals surface area contributed by atoms with Crippen molar-refractivity contribution < 1.29 is 0 Å². The normalized spacial score (nSPS) is 20.7. The molecule has 1 saturated heterocycles. The van der Waals surface area contributed by atoms with Crippen LogP contribution < -0.4 is 5.32 Å². The molecule has 0 radical (unpaired) electrons. The fraction of sp³-hybridized carbons (Fsp3) is 0.500. The molecule has 2 aromatic rings. The highest BCUT2D eigenvalue weighted by atomic mass is 35.5. The van der Waals surface area contributed by atoms with Crippen LogP contribution in [-0.2, 0) is 6.42 Å². The smallest absolute Gasteiger partial charge is 0.255 e. The van der Waals surface area contributed by atoms with Gasteiger partial charge in [0.2, 0.25) is 0 Å². The lowest BCUT2D eigenvalue weighted by Crippen LogP contribution is -2.12. The second-order valence-electron chi connectivity index (χ2n) is 4.12. The van der Waals surface area contributed by atoms with Gasteiger partial charge in [0.1, 0.15) is 5.82 Å². The van der Waals surface area contributed by atoms with Crippen LogP contribution in [0.3, 0.4) is 0 Å². The van der Waals surface area contributed by atoms with Crippen molar-refractivity contribution in [3.8, 4) is 0 Å². The fourth-order valence-electron chi connectivity index (χ4n) is 2.10. The van der Waals surface area contributed by atoms with Gasteiger partial charge in [-0.2, -0.15) is 0 Å². The zero-order valence-electron chi connectivity index (χ0n) is 8.73. The molecular formula is C10H12ClN5. The highest BCUT2D eigenvalue weighted by Crippen LogP contribution is 2.15. The van der Waals surface area contributed by atoms with E-state index >= 15 is 0 Å². The first-order valence-corrected chi connectivity index (χ1v) is 5.76. The van der Waals surface area contributed by atoms with Crippen LogP contribution in [0.15, 0.2) is 12.4 Å². The van der Waals surface area contributed by atoms with Gasteiger partial charge in [0.15, 0.2) is 0 Å². The average molecular weight is 238 g/mol. The molecule has 84 valence electrons. The molecule has 3 heterocycles. The van der Waals surface area contributed by atoms with Crippen LogP contribution in [0.5, 0.6) is 0 Å². The predicted octanol–water partition coefficient (Wildman–Crippen LogP) is 0.930. The quantitative estimate of drug-likeness (QED) is 0.844. The second-order valence-corrected chi connectivity index (χ2v) is 4.56. The van der Waals surface area contributed by atoms with E-state index in [-0.39, 0.29) is 0 Å². The SMILES string of the molecule is Clc1cnc2nnc(CC3CCNC3)n2c1. The summed E-state index contributed by atoms with van der Waals surface area (Å²) in [6.45, 7) is 2.16. The zero-order chi connectivity index (χ0) is 11.0. The monoisotopic (exact) mass is 237 g/mol. The molecule has 2 aromatic heterocycles. The molecule has 1 fully saturated rings. The minimum Gasteiger partial charge on any atom is -0.316 e. The van der Waals surface area contributed by atoms with Crippen LogP contribution in [0, 0.1) is 5.92 Å². The Morgan fingerprint density at radius 1 is 1.50 bits per heavy atom. The van der Waals surface area contributed by atoms with Gasteiger partial charge in [-0.15, -0.1) is 10.2 Å². The predicted molar refractivity (Wildman–Crippen MR) is 60.5 cm³/mol. The van der Waals surface area contributed by atoms with Crippen molar-refractivity contribution in [2.75, 3.05) is 13.1 Å². The molecule has 0 aromatic carbocycles. The summed E-state index contributed by atoms with van der Waals surface area (Å²) in [5.41, 5.74) is 0. The Kier molecular flexibility index (Phi) is 2.49. The molecule has 0 saturated carbocycles. The van der Waals surface area contributed by atoms with Crippen LogP contribution in [0.25, 0.3) is 5.78 Å². The summed E-state index contributed by atoms with van der Waals surface area (Å²) in [5.74, 6) is 2.20. The van der Waals surface area contributed by atoms with Crippen LogP contribution >= 0.6 is 11.6 Å². The molecule has 0 amide bonds. The third-order valence-corrected chi connectivity index (χ3v) is 3.13. The molecule has 1 unspecified atom stereocenters. The summed E-state index contributed by atoms with van der Waals surface area (Å²) < 4.78 is 1.88. The van der Waals surface area contributed by atoms with Crippen LogP contribution in [0.4, 0.5) is 0 Å². The number of aromatic nitrogens is 4. The van der Waals surface area contributed by atoms with Gasteiger partial charge in [0, 0.05) is 12.6 Å². The molecular weight excluding hydrogens is 226 g/mol. The van der Waals surface area contributed by atoms with Crippen molar-refractivity contribution in [1.82, 2.24) is 24.9 Å². The van der Waals surface area contributed by atoms with Crippen molar-refractivity contribution in [3.05, 3.63) is 23.2 Å². The summed E-state index contributed by atoms with van der Waals surface area (Å²) in [6.07, 6.45) is 5.53. The maximum Gasteiger partial charge on any atom is 0.255 e. The summed E-state index contributed by atoms with van der Waals surface area (Å²) in [6, 6.07) is 0. The van der Waals surface area contributed by atoms with Crippen molar-refractivity contribution in [1.29, 1.82) is 0 Å². The third kappa shape index (κ3) is 1.76. The van der Waals surface area contributed by atoms with Crippen molar-refractivity contribution in [3.63, 3.8) is 0 Å². The minimum atomic E-state index is 0.609. The Balaban J connectivity index is 1.93. The van der Waals surface area contributed by atoms with E-state index in [1.165, 1.54) is 6.42 Å². The Labute approximate surface area is 97.8 Å². The van der Waals surface area contributed by atoms with Crippen LogP contribution in [-0.4, -0.2) is 32.7 Å². The van der Waals surface area contributed by atoms with E-state index in [2.05, 4.69) is 20.5 Å². The summed E-state index contributed by atoms with van der Waals surface area (Å²) in [7, 11) is 0. The summed E-state index contributed by atoms with van der Waals surface area (Å²) in [4.78, 5) is 4.12. The number of hydrogen-bond acceptors (Lipinski definition) is 4. The van der Waals surface area contributed by atoms with Gasteiger partial charge in [0.25, 0.3) is 5.78 Å². The molecule has 6 heteroatoms. The lowest BCUT2D eigenvalue weighted by Gasteiger charge is -2.05. The lowest BCUT2D eigenvalue weighted by atomic mass is 10.1. The Morgan fingerprint density at radius 3 is 3.25 bits per heavy atom. The second kappa shape index (κ2) is 3.99. The number of nitrogens with one attached hydrogen (secondary N) is 1. The maximum absolute atomic E-state index is 5.91. The highest BCUT2D eigenvalue weighted by Gasteiger charge is 2.18. The van der Waals surface area contributed by atoms with E-state index in [0.29, 0.717) is 16.7 Å². The molecule has 0 bridgehead atoms. The van der Waals surface area contributed by atoms with E-state index in [9.17, 15) is 0 Å². The van der Waals surface area contributed by atoms with Crippen molar-refractivity contribution >= 4 is 17.4 Å².